The van der Waals surface area contributed by atoms with Crippen LogP contribution in [0.25, 0.3) is 0 Å². The minimum Gasteiger partial charge on any atom is -0.289 e. The molecule has 1 aromatic heterocycles. The predicted molar refractivity (Wildman–Crippen MR) is 68.4 cm³/mol. The third kappa shape index (κ3) is 1.93. The Balaban J connectivity index is 2.42. The molecular weight excluding hydrogens is 216 g/mol. The van der Waals surface area contributed by atoms with Crippen LogP contribution in [0.5, 0.6) is 0 Å². The number of benzene rings is 1. The molecule has 0 unspecified atom stereocenters. The van der Waals surface area contributed by atoms with Crippen LogP contribution in [-0.4, -0.2) is 5.78 Å². The summed E-state index contributed by atoms with van der Waals surface area (Å²) >= 11 is 1.61. The first-order chi connectivity index (χ1) is 7.59. The first-order valence-corrected chi connectivity index (χ1v) is 6.13. The Morgan fingerprint density at radius 1 is 1.06 bits per heavy atom. The molecule has 0 atom stereocenters. The quantitative estimate of drug-likeness (QED) is 0.715. The molecule has 0 saturated heterocycles. The van der Waals surface area contributed by atoms with Gasteiger partial charge >= 0.3 is 0 Å². The fraction of sp³-hybridized carbons (Fsp3) is 0.214. The second-order valence-electron chi connectivity index (χ2n) is 4.02. The van der Waals surface area contributed by atoms with Crippen molar-refractivity contribution in [2.24, 2.45) is 0 Å². The Labute approximate surface area is 99.8 Å². The second-order valence-corrected chi connectivity index (χ2v) is 5.14. The van der Waals surface area contributed by atoms with Crippen LogP contribution < -0.4 is 0 Å². The Bertz CT molecular complexity index is 537. The molecule has 0 bridgehead atoms. The lowest BCUT2D eigenvalue weighted by Crippen LogP contribution is -2.02. The van der Waals surface area contributed by atoms with Crippen molar-refractivity contribution in [3.05, 3.63) is 56.8 Å². The molecule has 82 valence electrons. The summed E-state index contributed by atoms with van der Waals surface area (Å²) in [5, 5.41) is 1.96. The van der Waals surface area contributed by atoms with Gasteiger partial charge in [0.25, 0.3) is 0 Å². The van der Waals surface area contributed by atoms with Crippen LogP contribution in [-0.2, 0) is 0 Å². The van der Waals surface area contributed by atoms with Gasteiger partial charge in [0.2, 0.25) is 0 Å². The van der Waals surface area contributed by atoms with Crippen molar-refractivity contribution in [1.29, 1.82) is 0 Å². The van der Waals surface area contributed by atoms with Crippen LogP contribution in [0.15, 0.2) is 29.6 Å². The van der Waals surface area contributed by atoms with E-state index in [0.29, 0.717) is 0 Å². The summed E-state index contributed by atoms with van der Waals surface area (Å²) < 4.78 is 0. The molecule has 1 nitrogen and oxygen atoms in total. The predicted octanol–water partition coefficient (Wildman–Crippen LogP) is 3.90. The number of ketones is 1. The lowest BCUT2D eigenvalue weighted by Gasteiger charge is -2.04. The zero-order chi connectivity index (χ0) is 11.7. The first kappa shape index (κ1) is 11.1. The molecule has 16 heavy (non-hydrogen) atoms. The second kappa shape index (κ2) is 4.22. The van der Waals surface area contributed by atoms with Gasteiger partial charge in [0.1, 0.15) is 0 Å². The largest absolute Gasteiger partial charge is 0.289 e. The van der Waals surface area contributed by atoms with E-state index < -0.39 is 0 Å². The lowest BCUT2D eigenvalue weighted by atomic mass is 10.00. The monoisotopic (exact) mass is 230 g/mol. The number of carbonyl (C=O) groups is 1. The molecule has 0 N–H and O–H groups in total. The average Bonchev–Trinajstić information content (AvgIpc) is 2.67. The summed E-state index contributed by atoms with van der Waals surface area (Å²) in [6.45, 7) is 6.07. The molecule has 2 heteroatoms. The van der Waals surface area contributed by atoms with Gasteiger partial charge in [-0.2, -0.15) is 0 Å². The van der Waals surface area contributed by atoms with Gasteiger partial charge in [-0.3, -0.25) is 4.79 Å². The molecule has 0 aliphatic heterocycles. The smallest absolute Gasteiger partial charge is 0.194 e. The summed E-state index contributed by atoms with van der Waals surface area (Å²) in [5.41, 5.74) is 4.00. The van der Waals surface area contributed by atoms with E-state index in [9.17, 15) is 4.79 Å². The van der Waals surface area contributed by atoms with Crippen LogP contribution in [0.4, 0.5) is 0 Å². The third-order valence-electron chi connectivity index (χ3n) is 2.87. The van der Waals surface area contributed by atoms with Gasteiger partial charge in [-0.1, -0.05) is 12.1 Å². The maximum absolute atomic E-state index is 12.2. The highest BCUT2D eigenvalue weighted by Crippen LogP contribution is 2.20. The highest BCUT2D eigenvalue weighted by atomic mass is 32.1. The molecule has 0 aliphatic carbocycles. The van der Waals surface area contributed by atoms with Crippen molar-refractivity contribution in [3.63, 3.8) is 0 Å². The minimum absolute atomic E-state index is 0.127. The van der Waals surface area contributed by atoms with Gasteiger partial charge in [0.05, 0.1) is 0 Å². The molecule has 1 aromatic carbocycles. The van der Waals surface area contributed by atoms with Gasteiger partial charge < -0.3 is 0 Å². The normalized spacial score (nSPS) is 10.4. The summed E-state index contributed by atoms with van der Waals surface area (Å²) in [5.74, 6) is 0.127. The fourth-order valence-electron chi connectivity index (χ4n) is 1.66. The summed E-state index contributed by atoms with van der Waals surface area (Å²) in [7, 11) is 0. The van der Waals surface area contributed by atoms with Crippen molar-refractivity contribution < 1.29 is 4.79 Å². The molecule has 1 heterocycles. The maximum Gasteiger partial charge on any atom is 0.194 e. The molecule has 0 radical (unpaired) electrons. The van der Waals surface area contributed by atoms with Gasteiger partial charge in [-0.25, -0.2) is 0 Å². The first-order valence-electron chi connectivity index (χ1n) is 5.25. The Kier molecular flexibility index (Phi) is 2.92. The molecule has 2 aromatic rings. The molecule has 0 spiro atoms. The van der Waals surface area contributed by atoms with Crippen LogP contribution in [0.1, 0.15) is 31.9 Å². The van der Waals surface area contributed by atoms with Gasteiger partial charge in [-0.05, 0) is 49.4 Å². The van der Waals surface area contributed by atoms with E-state index in [1.54, 1.807) is 11.3 Å². The highest BCUT2D eigenvalue weighted by Gasteiger charge is 2.12. The molecule has 0 amide bonds. The lowest BCUT2D eigenvalue weighted by molar-refractivity contribution is 0.103. The zero-order valence-electron chi connectivity index (χ0n) is 9.70. The van der Waals surface area contributed by atoms with Gasteiger partial charge in [-0.15, -0.1) is 11.3 Å². The van der Waals surface area contributed by atoms with E-state index in [-0.39, 0.29) is 5.78 Å². The van der Waals surface area contributed by atoms with Crippen LogP contribution >= 0.6 is 11.3 Å². The number of hydrogen-bond donors (Lipinski definition) is 0. The van der Waals surface area contributed by atoms with E-state index in [1.807, 2.05) is 43.5 Å². The SMILES string of the molecule is Cc1ccc(C(=O)c2ccsc2C)cc1C. The number of rotatable bonds is 2. The van der Waals surface area contributed by atoms with Crippen molar-refractivity contribution in [1.82, 2.24) is 0 Å². The van der Waals surface area contributed by atoms with Crippen molar-refractivity contribution >= 4 is 17.1 Å². The van der Waals surface area contributed by atoms with E-state index in [0.717, 1.165) is 16.0 Å². The summed E-state index contributed by atoms with van der Waals surface area (Å²) in [6.07, 6.45) is 0. The van der Waals surface area contributed by atoms with E-state index >= 15 is 0 Å². The van der Waals surface area contributed by atoms with Crippen molar-refractivity contribution in [2.45, 2.75) is 20.8 Å². The maximum atomic E-state index is 12.2. The standard InChI is InChI=1S/C14H14OS/c1-9-4-5-12(8-10(9)2)14(15)13-6-7-16-11(13)3/h4-8H,1-3H3. The number of aryl methyl sites for hydroxylation is 3. The topological polar surface area (TPSA) is 17.1 Å². The molecule has 0 fully saturated rings. The van der Waals surface area contributed by atoms with Crippen LogP contribution in [0.3, 0.4) is 0 Å². The Hall–Kier alpha value is -1.41. The van der Waals surface area contributed by atoms with E-state index in [4.69, 9.17) is 0 Å². The third-order valence-corrected chi connectivity index (χ3v) is 3.72. The fourth-order valence-corrected chi connectivity index (χ4v) is 2.35. The molecule has 0 saturated carbocycles. The number of carbonyl (C=O) groups excluding carboxylic acids is 1. The van der Waals surface area contributed by atoms with Gasteiger partial charge in [0, 0.05) is 16.0 Å². The number of thiophene rings is 1. The van der Waals surface area contributed by atoms with E-state index in [2.05, 4.69) is 6.92 Å². The zero-order valence-corrected chi connectivity index (χ0v) is 10.5. The van der Waals surface area contributed by atoms with Gasteiger partial charge in [0.15, 0.2) is 5.78 Å². The van der Waals surface area contributed by atoms with Crippen molar-refractivity contribution in [2.75, 3.05) is 0 Å². The molecule has 0 aliphatic rings. The number of hydrogen-bond acceptors (Lipinski definition) is 2. The Morgan fingerprint density at radius 3 is 2.38 bits per heavy atom. The summed E-state index contributed by atoms with van der Waals surface area (Å²) in [6, 6.07) is 7.78. The Morgan fingerprint density at radius 2 is 1.81 bits per heavy atom. The van der Waals surface area contributed by atoms with Crippen LogP contribution in [0.2, 0.25) is 0 Å². The van der Waals surface area contributed by atoms with Crippen LogP contribution in [0, 0.1) is 20.8 Å². The van der Waals surface area contributed by atoms with Crippen molar-refractivity contribution in [3.8, 4) is 0 Å². The molecular formula is C14H14OS. The molecule has 2 rings (SSSR count). The average molecular weight is 230 g/mol. The minimum atomic E-state index is 0.127. The van der Waals surface area contributed by atoms with E-state index in [1.165, 1.54) is 11.1 Å². The summed E-state index contributed by atoms with van der Waals surface area (Å²) in [4.78, 5) is 13.3. The highest BCUT2D eigenvalue weighted by molar-refractivity contribution is 7.10.